The summed E-state index contributed by atoms with van der Waals surface area (Å²) in [6.07, 6.45) is 0. The van der Waals surface area contributed by atoms with Crippen LogP contribution in [0, 0.1) is 11.3 Å². The number of hydrogen-bond acceptors (Lipinski definition) is 4. The van der Waals surface area contributed by atoms with Gasteiger partial charge in [0.15, 0.2) is 11.5 Å². The van der Waals surface area contributed by atoms with E-state index in [-0.39, 0.29) is 5.75 Å². The van der Waals surface area contributed by atoms with Gasteiger partial charge in [-0.25, -0.2) is 4.79 Å². The average Bonchev–Trinajstić information content (AvgIpc) is 2.63. The Kier molecular flexibility index (Phi) is 5.01. The maximum Gasteiger partial charge on any atom is 0.344 e. The summed E-state index contributed by atoms with van der Waals surface area (Å²) in [6.45, 7) is 2.21. The molecule has 0 bridgehead atoms. The fourth-order valence-corrected chi connectivity index (χ4v) is 3.07. The molecule has 0 N–H and O–H groups in total. The van der Waals surface area contributed by atoms with Gasteiger partial charge in [0.25, 0.3) is 0 Å². The number of ether oxygens (including phenoxy) is 2. The van der Waals surface area contributed by atoms with Gasteiger partial charge in [0, 0.05) is 6.07 Å². The van der Waals surface area contributed by atoms with Crippen LogP contribution in [0.4, 0.5) is 0 Å². The third-order valence-corrected chi connectivity index (χ3v) is 4.23. The van der Waals surface area contributed by atoms with Crippen LogP contribution in [-0.2, 0) is 0 Å². The van der Waals surface area contributed by atoms with Crippen molar-refractivity contribution >= 4 is 32.7 Å². The lowest BCUT2D eigenvalue weighted by molar-refractivity contribution is 0.0729. The molecule has 0 saturated heterocycles. The van der Waals surface area contributed by atoms with E-state index in [2.05, 4.69) is 22.0 Å². The highest BCUT2D eigenvalue weighted by atomic mass is 79.9. The van der Waals surface area contributed by atoms with Crippen molar-refractivity contribution in [1.82, 2.24) is 0 Å². The quantitative estimate of drug-likeness (QED) is 0.455. The molecule has 4 nitrogen and oxygen atoms in total. The average molecular weight is 396 g/mol. The molecule has 0 aliphatic carbocycles. The summed E-state index contributed by atoms with van der Waals surface area (Å²) in [4.78, 5) is 12.7. The molecule has 25 heavy (non-hydrogen) atoms. The molecule has 0 radical (unpaired) electrons. The zero-order chi connectivity index (χ0) is 17.8. The zero-order valence-corrected chi connectivity index (χ0v) is 15.0. The molecule has 0 heterocycles. The van der Waals surface area contributed by atoms with Crippen LogP contribution in [0.3, 0.4) is 0 Å². The van der Waals surface area contributed by atoms with Crippen LogP contribution in [0.15, 0.2) is 59.1 Å². The van der Waals surface area contributed by atoms with E-state index in [0.717, 1.165) is 10.8 Å². The molecule has 0 fully saturated rings. The third-order valence-electron chi connectivity index (χ3n) is 3.64. The first-order valence-corrected chi connectivity index (χ1v) is 8.49. The standard InChI is InChI=1S/C20H14BrNO3/c1-2-24-18-11-13(12-22)10-17(21)19(18)25-20(23)16-9-5-7-14-6-3-4-8-15(14)16/h3-11H,2H2,1H3. The molecule has 5 heteroatoms. The van der Waals surface area contributed by atoms with Gasteiger partial charge in [-0.1, -0.05) is 36.4 Å². The first kappa shape index (κ1) is 17.0. The van der Waals surface area contributed by atoms with Crippen molar-refractivity contribution < 1.29 is 14.3 Å². The number of carbonyl (C=O) groups excluding carboxylic acids is 1. The maximum absolute atomic E-state index is 12.7. The van der Waals surface area contributed by atoms with Crippen LogP contribution in [0.2, 0.25) is 0 Å². The van der Waals surface area contributed by atoms with Gasteiger partial charge in [0.1, 0.15) is 0 Å². The number of fused-ring (bicyclic) bond motifs is 1. The largest absolute Gasteiger partial charge is 0.490 e. The van der Waals surface area contributed by atoms with Gasteiger partial charge < -0.3 is 9.47 Å². The van der Waals surface area contributed by atoms with E-state index in [1.54, 1.807) is 18.2 Å². The smallest absolute Gasteiger partial charge is 0.344 e. The zero-order valence-electron chi connectivity index (χ0n) is 13.5. The Labute approximate surface area is 153 Å². The predicted molar refractivity (Wildman–Crippen MR) is 98.9 cm³/mol. The van der Waals surface area contributed by atoms with Gasteiger partial charge in [-0.3, -0.25) is 0 Å². The molecule has 0 aliphatic heterocycles. The Bertz CT molecular complexity index is 987. The number of rotatable bonds is 4. The predicted octanol–water partition coefficient (Wildman–Crippen LogP) is 5.09. The van der Waals surface area contributed by atoms with Crippen molar-refractivity contribution in [1.29, 1.82) is 5.26 Å². The van der Waals surface area contributed by atoms with E-state index < -0.39 is 5.97 Å². The highest BCUT2D eigenvalue weighted by molar-refractivity contribution is 9.10. The van der Waals surface area contributed by atoms with Crippen LogP contribution in [0.1, 0.15) is 22.8 Å². The molecule has 0 saturated carbocycles. The molecule has 0 unspecified atom stereocenters. The summed E-state index contributed by atoms with van der Waals surface area (Å²) in [6, 6.07) is 18.3. The van der Waals surface area contributed by atoms with Crippen LogP contribution in [-0.4, -0.2) is 12.6 Å². The van der Waals surface area contributed by atoms with Crippen molar-refractivity contribution in [3.8, 4) is 17.6 Å². The van der Waals surface area contributed by atoms with Crippen molar-refractivity contribution in [2.75, 3.05) is 6.61 Å². The molecule has 0 atom stereocenters. The second kappa shape index (κ2) is 7.37. The van der Waals surface area contributed by atoms with Crippen LogP contribution < -0.4 is 9.47 Å². The number of hydrogen-bond donors (Lipinski definition) is 0. The van der Waals surface area contributed by atoms with Crippen molar-refractivity contribution in [2.45, 2.75) is 6.92 Å². The van der Waals surface area contributed by atoms with Crippen molar-refractivity contribution in [2.24, 2.45) is 0 Å². The van der Waals surface area contributed by atoms with Gasteiger partial charge in [0.05, 0.1) is 28.3 Å². The number of nitrogens with zero attached hydrogens (tertiary/aromatic N) is 1. The summed E-state index contributed by atoms with van der Waals surface area (Å²) >= 11 is 3.35. The van der Waals surface area contributed by atoms with E-state index >= 15 is 0 Å². The number of carbonyl (C=O) groups is 1. The Hall–Kier alpha value is -2.84. The van der Waals surface area contributed by atoms with Crippen LogP contribution in [0.25, 0.3) is 10.8 Å². The molecular weight excluding hydrogens is 382 g/mol. The minimum atomic E-state index is -0.483. The molecule has 3 rings (SSSR count). The molecule has 3 aromatic carbocycles. The SMILES string of the molecule is CCOc1cc(C#N)cc(Br)c1OC(=O)c1cccc2ccccc12. The Morgan fingerprint density at radius 2 is 1.92 bits per heavy atom. The van der Waals surface area contributed by atoms with E-state index in [1.807, 2.05) is 43.3 Å². The minimum absolute atomic E-state index is 0.263. The minimum Gasteiger partial charge on any atom is -0.490 e. The van der Waals surface area contributed by atoms with E-state index in [0.29, 0.717) is 28.0 Å². The molecule has 124 valence electrons. The normalized spacial score (nSPS) is 10.3. The number of halogens is 1. The van der Waals surface area contributed by atoms with Gasteiger partial charge in [-0.05, 0) is 45.8 Å². The first-order valence-electron chi connectivity index (χ1n) is 7.70. The van der Waals surface area contributed by atoms with Crippen LogP contribution >= 0.6 is 15.9 Å². The second-order valence-electron chi connectivity index (χ2n) is 5.25. The highest BCUT2D eigenvalue weighted by Crippen LogP contribution is 2.37. The molecular formula is C20H14BrNO3. The lowest BCUT2D eigenvalue weighted by Crippen LogP contribution is -2.11. The second-order valence-corrected chi connectivity index (χ2v) is 6.10. The summed E-state index contributed by atoms with van der Waals surface area (Å²) in [7, 11) is 0. The molecule has 0 aliphatic rings. The van der Waals surface area contributed by atoms with Crippen molar-refractivity contribution in [3.05, 3.63) is 70.2 Å². The molecule has 0 aromatic heterocycles. The Balaban J connectivity index is 2.02. The number of benzene rings is 3. The maximum atomic E-state index is 12.7. The topological polar surface area (TPSA) is 59.3 Å². The van der Waals surface area contributed by atoms with Crippen LogP contribution in [0.5, 0.6) is 11.5 Å². The number of esters is 1. The lowest BCUT2D eigenvalue weighted by Gasteiger charge is -2.13. The highest BCUT2D eigenvalue weighted by Gasteiger charge is 2.18. The molecule has 3 aromatic rings. The van der Waals surface area contributed by atoms with E-state index in [9.17, 15) is 4.79 Å². The Morgan fingerprint density at radius 3 is 2.68 bits per heavy atom. The fraction of sp³-hybridized carbons (Fsp3) is 0.100. The number of nitriles is 1. The summed E-state index contributed by atoms with van der Waals surface area (Å²) < 4.78 is 11.6. The fourth-order valence-electron chi connectivity index (χ4n) is 2.55. The van der Waals surface area contributed by atoms with Gasteiger partial charge >= 0.3 is 5.97 Å². The monoisotopic (exact) mass is 395 g/mol. The summed E-state index contributed by atoms with van der Waals surface area (Å²) in [5.41, 5.74) is 0.886. The van der Waals surface area contributed by atoms with Gasteiger partial charge in [-0.15, -0.1) is 0 Å². The molecule has 0 spiro atoms. The first-order chi connectivity index (χ1) is 12.1. The third kappa shape index (κ3) is 3.49. The van der Waals surface area contributed by atoms with E-state index in [1.165, 1.54) is 0 Å². The Morgan fingerprint density at radius 1 is 1.16 bits per heavy atom. The lowest BCUT2D eigenvalue weighted by atomic mass is 10.0. The molecule has 0 amide bonds. The van der Waals surface area contributed by atoms with Crippen molar-refractivity contribution in [3.63, 3.8) is 0 Å². The van der Waals surface area contributed by atoms with E-state index in [4.69, 9.17) is 14.7 Å². The summed E-state index contributed by atoms with van der Waals surface area (Å²) in [5, 5.41) is 10.9. The van der Waals surface area contributed by atoms with Gasteiger partial charge in [0.2, 0.25) is 0 Å². The van der Waals surface area contributed by atoms with Gasteiger partial charge in [-0.2, -0.15) is 5.26 Å². The summed E-state index contributed by atoms with van der Waals surface area (Å²) in [5.74, 6) is 0.129.